The fourth-order valence-electron chi connectivity index (χ4n) is 4.83. The molecule has 0 N–H and O–H groups in total. The highest BCUT2D eigenvalue weighted by Gasteiger charge is 2.52. The van der Waals surface area contributed by atoms with E-state index < -0.39 is 11.7 Å². The number of hydrogen-bond donors (Lipinski definition) is 0. The van der Waals surface area contributed by atoms with Crippen molar-refractivity contribution in [3.05, 3.63) is 89.7 Å². The van der Waals surface area contributed by atoms with Gasteiger partial charge in [0.05, 0.1) is 5.57 Å². The van der Waals surface area contributed by atoms with Crippen LogP contribution in [0, 0.1) is 0 Å². The summed E-state index contributed by atoms with van der Waals surface area (Å²) in [6.07, 6.45) is 3.67. The van der Waals surface area contributed by atoms with E-state index in [2.05, 4.69) is 4.98 Å². The summed E-state index contributed by atoms with van der Waals surface area (Å²) in [6, 6.07) is 18.7. The first-order chi connectivity index (χ1) is 17.6. The second-order valence-electron chi connectivity index (χ2n) is 8.97. The lowest BCUT2D eigenvalue weighted by molar-refractivity contribution is -0.131. The maximum Gasteiger partial charge on any atom is 0.410 e. The van der Waals surface area contributed by atoms with Gasteiger partial charge in [0.2, 0.25) is 12.6 Å². The number of Topliss-reactive ketones (excluding diaryl/α,β-unsaturated/α-hetero) is 1. The number of ketones is 1. The number of nitrogens with zero attached hydrogens (tertiary/aromatic N) is 2. The van der Waals surface area contributed by atoms with Crippen LogP contribution >= 0.6 is 0 Å². The van der Waals surface area contributed by atoms with Crippen LogP contribution in [0.3, 0.4) is 0 Å². The van der Waals surface area contributed by atoms with Crippen LogP contribution in [-0.2, 0) is 20.9 Å². The Hall–Kier alpha value is -4.33. The Morgan fingerprint density at radius 1 is 0.972 bits per heavy atom. The topological polar surface area (TPSA) is 87.2 Å². The molecule has 8 nitrogen and oxygen atoms in total. The van der Waals surface area contributed by atoms with Crippen molar-refractivity contribution in [3.63, 3.8) is 0 Å². The van der Waals surface area contributed by atoms with Gasteiger partial charge in [0, 0.05) is 49.5 Å². The number of hydrogen-bond acceptors (Lipinski definition) is 7. The number of pyridine rings is 1. The Labute approximate surface area is 208 Å². The summed E-state index contributed by atoms with van der Waals surface area (Å²) in [5.41, 5.74) is 1.78. The summed E-state index contributed by atoms with van der Waals surface area (Å²) in [5, 5.41) is 0. The lowest BCUT2D eigenvalue weighted by Crippen LogP contribution is -2.50. The molecule has 0 saturated carbocycles. The molecule has 1 amide bonds. The third-order valence-electron chi connectivity index (χ3n) is 6.78. The van der Waals surface area contributed by atoms with E-state index in [4.69, 9.17) is 18.9 Å². The third-order valence-corrected chi connectivity index (χ3v) is 6.78. The number of rotatable bonds is 4. The molecular formula is C28H24N2O6. The number of aromatic nitrogens is 1. The molecule has 4 heterocycles. The molecule has 8 heteroatoms. The van der Waals surface area contributed by atoms with Crippen molar-refractivity contribution in [1.29, 1.82) is 0 Å². The Balaban J connectivity index is 1.22. The van der Waals surface area contributed by atoms with E-state index in [9.17, 15) is 9.59 Å². The predicted octanol–water partition coefficient (Wildman–Crippen LogP) is 4.45. The first-order valence-electron chi connectivity index (χ1n) is 11.9. The summed E-state index contributed by atoms with van der Waals surface area (Å²) in [4.78, 5) is 32.4. The molecule has 182 valence electrons. The molecule has 6 rings (SSSR count). The molecular weight excluding hydrogens is 460 g/mol. The second-order valence-corrected chi connectivity index (χ2v) is 8.97. The maximum atomic E-state index is 13.9. The zero-order chi connectivity index (χ0) is 24.5. The standard InChI is InChI=1S/C28H24N2O6/c31-26-24(21-7-4-12-29-16-21)25(20-8-9-22-23(15-20)35-18-34-22)36-28(26)10-13-30(14-11-28)27(32)33-17-19-5-2-1-3-6-19/h1-9,12,15-16H,10-11,13-14,17-18H2. The highest BCUT2D eigenvalue weighted by molar-refractivity contribution is 6.33. The van der Waals surface area contributed by atoms with Gasteiger partial charge in [-0.2, -0.15) is 0 Å². The fraction of sp³-hybridized carbons (Fsp3) is 0.250. The Morgan fingerprint density at radius 2 is 1.78 bits per heavy atom. The second kappa shape index (κ2) is 9.03. The monoisotopic (exact) mass is 484 g/mol. The first-order valence-corrected chi connectivity index (χ1v) is 11.9. The molecule has 3 aliphatic heterocycles. The highest BCUT2D eigenvalue weighted by Crippen LogP contribution is 2.47. The number of fused-ring (bicyclic) bond motifs is 1. The zero-order valence-electron chi connectivity index (χ0n) is 19.5. The van der Waals surface area contributed by atoms with Crippen molar-refractivity contribution < 1.29 is 28.5 Å². The number of carbonyl (C=O) groups excluding carboxylic acids is 2. The average molecular weight is 485 g/mol. The molecule has 0 aliphatic carbocycles. The quantitative estimate of drug-likeness (QED) is 0.541. The SMILES string of the molecule is O=C(OCc1ccccc1)N1CCC2(CC1)OC(c1ccc3c(c1)OCO3)=C(c1cccnc1)C2=O. The number of likely N-dealkylation sites (tertiary alicyclic amines) is 1. The van der Waals surface area contributed by atoms with Gasteiger partial charge in [-0.15, -0.1) is 0 Å². The Kier molecular flexibility index (Phi) is 5.56. The molecule has 0 atom stereocenters. The summed E-state index contributed by atoms with van der Waals surface area (Å²) < 4.78 is 23.0. The van der Waals surface area contributed by atoms with Crippen molar-refractivity contribution in [2.45, 2.75) is 25.0 Å². The van der Waals surface area contributed by atoms with Crippen molar-refractivity contribution in [2.75, 3.05) is 19.9 Å². The molecule has 1 aromatic heterocycles. The van der Waals surface area contributed by atoms with Gasteiger partial charge in [-0.05, 0) is 29.8 Å². The summed E-state index contributed by atoms with van der Waals surface area (Å²) in [7, 11) is 0. The van der Waals surface area contributed by atoms with Crippen LogP contribution in [0.4, 0.5) is 4.79 Å². The molecule has 1 fully saturated rings. The third kappa shape index (κ3) is 3.94. The lowest BCUT2D eigenvalue weighted by atomic mass is 9.84. The van der Waals surface area contributed by atoms with Crippen LogP contribution in [0.2, 0.25) is 0 Å². The summed E-state index contributed by atoms with van der Waals surface area (Å²) in [5.74, 6) is 1.66. The number of carbonyl (C=O) groups is 2. The van der Waals surface area contributed by atoms with Gasteiger partial charge in [0.25, 0.3) is 0 Å². The first kappa shape index (κ1) is 22.2. The van der Waals surface area contributed by atoms with Gasteiger partial charge >= 0.3 is 6.09 Å². The van der Waals surface area contributed by atoms with Crippen LogP contribution < -0.4 is 9.47 Å². The maximum absolute atomic E-state index is 13.9. The minimum atomic E-state index is -1.05. The van der Waals surface area contributed by atoms with Crippen LogP contribution in [0.25, 0.3) is 11.3 Å². The summed E-state index contributed by atoms with van der Waals surface area (Å²) >= 11 is 0. The van der Waals surface area contributed by atoms with Crippen LogP contribution in [0.5, 0.6) is 11.5 Å². The van der Waals surface area contributed by atoms with E-state index in [0.717, 1.165) is 11.1 Å². The lowest BCUT2D eigenvalue weighted by Gasteiger charge is -2.37. The number of ether oxygens (including phenoxy) is 4. The molecule has 3 aliphatic rings. The van der Waals surface area contributed by atoms with Gasteiger partial charge in [-0.1, -0.05) is 36.4 Å². The van der Waals surface area contributed by atoms with E-state index in [-0.39, 0.29) is 19.2 Å². The van der Waals surface area contributed by atoms with Crippen molar-refractivity contribution >= 4 is 23.2 Å². The normalized spacial score (nSPS) is 17.9. The molecule has 0 bridgehead atoms. The number of piperidine rings is 1. The van der Waals surface area contributed by atoms with Gasteiger partial charge in [0.15, 0.2) is 17.1 Å². The molecule has 2 aromatic carbocycles. The minimum Gasteiger partial charge on any atom is -0.478 e. The van der Waals surface area contributed by atoms with Crippen molar-refractivity contribution in [2.24, 2.45) is 0 Å². The summed E-state index contributed by atoms with van der Waals surface area (Å²) in [6.45, 7) is 1.08. The van der Waals surface area contributed by atoms with Crippen LogP contribution in [-0.4, -0.2) is 47.2 Å². The highest BCUT2D eigenvalue weighted by atomic mass is 16.7. The molecule has 36 heavy (non-hydrogen) atoms. The van der Waals surface area contributed by atoms with Crippen molar-refractivity contribution in [3.8, 4) is 11.5 Å². The Bertz CT molecular complexity index is 1330. The Morgan fingerprint density at radius 3 is 2.56 bits per heavy atom. The average Bonchev–Trinajstić information content (AvgIpc) is 3.51. The number of amides is 1. The van der Waals surface area contributed by atoms with Crippen LogP contribution in [0.15, 0.2) is 73.1 Å². The van der Waals surface area contributed by atoms with E-state index in [1.165, 1.54) is 0 Å². The van der Waals surface area contributed by atoms with Gasteiger partial charge < -0.3 is 23.8 Å². The molecule has 1 saturated heterocycles. The largest absolute Gasteiger partial charge is 0.478 e. The molecule has 0 radical (unpaired) electrons. The molecule has 3 aromatic rings. The fourth-order valence-corrected chi connectivity index (χ4v) is 4.83. The van der Waals surface area contributed by atoms with Gasteiger partial charge in [-0.25, -0.2) is 4.79 Å². The van der Waals surface area contributed by atoms with E-state index in [1.54, 1.807) is 23.4 Å². The van der Waals surface area contributed by atoms with Crippen LogP contribution in [0.1, 0.15) is 29.5 Å². The van der Waals surface area contributed by atoms with Gasteiger partial charge in [0.1, 0.15) is 12.4 Å². The van der Waals surface area contributed by atoms with Gasteiger partial charge in [-0.3, -0.25) is 9.78 Å². The predicted molar refractivity (Wildman–Crippen MR) is 130 cm³/mol. The van der Waals surface area contributed by atoms with Crippen molar-refractivity contribution in [1.82, 2.24) is 9.88 Å². The molecule has 1 spiro atoms. The smallest absolute Gasteiger partial charge is 0.410 e. The minimum absolute atomic E-state index is 0.0968. The zero-order valence-corrected chi connectivity index (χ0v) is 19.5. The van der Waals surface area contributed by atoms with E-state index >= 15 is 0 Å². The van der Waals surface area contributed by atoms with E-state index in [0.29, 0.717) is 54.3 Å². The number of benzene rings is 2. The van der Waals surface area contributed by atoms with E-state index in [1.807, 2.05) is 54.6 Å². The molecule has 0 unspecified atom stereocenters.